The fraction of sp³-hybridized carbons (Fsp3) is 0.125. The Morgan fingerprint density at radius 2 is 2.07 bits per heavy atom. The molecule has 0 atom stereocenters. The second kappa shape index (κ2) is 3.68. The molecule has 0 amide bonds. The first-order valence-electron chi connectivity index (χ1n) is 3.79. The van der Waals surface area contributed by atoms with Crippen molar-refractivity contribution in [2.24, 2.45) is 0 Å². The van der Waals surface area contributed by atoms with E-state index in [2.05, 4.69) is 26.6 Å². The van der Waals surface area contributed by atoms with Gasteiger partial charge >= 0.3 is 95.4 Å². The third kappa shape index (κ3) is 2.63. The Hall–Kier alpha value is -0.742. The number of rotatable bonds is 1. The van der Waals surface area contributed by atoms with Gasteiger partial charge in [-0.2, -0.15) is 0 Å². The van der Waals surface area contributed by atoms with E-state index in [-0.39, 0.29) is 5.75 Å². The number of benzene rings is 1. The van der Waals surface area contributed by atoms with Crippen molar-refractivity contribution in [2.75, 3.05) is 0 Å². The summed E-state index contributed by atoms with van der Waals surface area (Å²) in [5.74, 6) is -0.217. The Balaban J connectivity index is 2.38. The van der Waals surface area contributed by atoms with E-state index in [1.807, 2.05) is 0 Å². The first-order chi connectivity index (χ1) is 6.94. The van der Waals surface area contributed by atoms with Crippen molar-refractivity contribution < 1.29 is 17.9 Å². The van der Waals surface area contributed by atoms with E-state index in [0.717, 1.165) is 3.80 Å². The molecule has 0 fully saturated rings. The quantitative estimate of drug-likeness (QED) is 0.750. The van der Waals surface area contributed by atoms with Crippen LogP contribution < -0.4 is 8.53 Å². The van der Waals surface area contributed by atoms with Crippen molar-refractivity contribution in [3.63, 3.8) is 0 Å². The Morgan fingerprint density at radius 3 is 2.73 bits per heavy atom. The van der Waals surface area contributed by atoms with E-state index < -0.39 is 6.36 Å². The molecule has 0 aliphatic rings. The standard InChI is InChI=1S/C8H3AsF3NOS/c9-7-13-5-2-1-4(3-6(5)15-7)14-8(10,11)12/h1-3H. The molecule has 78 valence electrons. The summed E-state index contributed by atoms with van der Waals surface area (Å²) in [4.78, 5) is 4.10. The van der Waals surface area contributed by atoms with Gasteiger partial charge in [-0.1, -0.05) is 0 Å². The number of aromatic nitrogens is 1. The molecule has 0 spiro atoms. The van der Waals surface area contributed by atoms with Gasteiger partial charge in [-0.15, -0.1) is 0 Å². The van der Waals surface area contributed by atoms with Crippen LogP contribution in [0.1, 0.15) is 0 Å². The van der Waals surface area contributed by atoms with Crippen LogP contribution in [0.3, 0.4) is 0 Å². The Labute approximate surface area is 95.6 Å². The summed E-state index contributed by atoms with van der Waals surface area (Å²) >= 11 is 3.56. The molecule has 1 heterocycles. The molecule has 0 aliphatic heterocycles. The molecule has 0 aliphatic carbocycles. The molecule has 1 aromatic heterocycles. The summed E-state index contributed by atoms with van der Waals surface area (Å²) in [6.45, 7) is 0. The number of thiazole rings is 1. The SMILES string of the molecule is FC(F)(F)Oc1ccc2nc([As])sc2c1. The zero-order chi connectivity index (χ0) is 11.1. The van der Waals surface area contributed by atoms with Gasteiger partial charge in [0, 0.05) is 0 Å². The number of fused-ring (bicyclic) bond motifs is 1. The van der Waals surface area contributed by atoms with E-state index in [0.29, 0.717) is 10.2 Å². The van der Waals surface area contributed by atoms with Crippen LogP contribution >= 0.6 is 11.3 Å². The minimum absolute atomic E-state index is 0.217. The summed E-state index contributed by atoms with van der Waals surface area (Å²) in [5.41, 5.74) is 0.671. The molecule has 7 heteroatoms. The fourth-order valence-electron chi connectivity index (χ4n) is 1.09. The van der Waals surface area contributed by atoms with Crippen LogP contribution in [-0.4, -0.2) is 28.2 Å². The summed E-state index contributed by atoms with van der Waals surface area (Å²) < 4.78 is 40.9. The molecule has 15 heavy (non-hydrogen) atoms. The predicted octanol–water partition coefficient (Wildman–Crippen LogP) is 1.99. The minimum atomic E-state index is -4.65. The van der Waals surface area contributed by atoms with Gasteiger partial charge in [0.05, 0.1) is 0 Å². The Kier molecular flexibility index (Phi) is 2.64. The molecule has 2 radical (unpaired) electrons. The van der Waals surface area contributed by atoms with Crippen molar-refractivity contribution in [1.29, 1.82) is 0 Å². The summed E-state index contributed by atoms with van der Waals surface area (Å²) in [7, 11) is 0. The monoisotopic (exact) mass is 293 g/mol. The van der Waals surface area contributed by atoms with E-state index in [4.69, 9.17) is 0 Å². The topological polar surface area (TPSA) is 22.1 Å². The summed E-state index contributed by atoms with van der Waals surface area (Å²) in [6.07, 6.45) is -4.65. The molecule has 1 aromatic carbocycles. The van der Waals surface area contributed by atoms with Crippen LogP contribution in [0.4, 0.5) is 13.2 Å². The normalized spacial score (nSPS) is 12.0. The number of hydrogen-bond acceptors (Lipinski definition) is 3. The van der Waals surface area contributed by atoms with Crippen LogP contribution in [0.2, 0.25) is 0 Å². The molecule has 0 bridgehead atoms. The van der Waals surface area contributed by atoms with Gasteiger partial charge in [0.25, 0.3) is 0 Å². The van der Waals surface area contributed by atoms with Gasteiger partial charge < -0.3 is 0 Å². The summed E-state index contributed by atoms with van der Waals surface area (Å²) in [6, 6.07) is 4.09. The zero-order valence-corrected chi connectivity index (χ0v) is 9.77. The second-order valence-corrected chi connectivity index (χ2v) is 5.25. The van der Waals surface area contributed by atoms with E-state index in [1.54, 1.807) is 0 Å². The van der Waals surface area contributed by atoms with Crippen LogP contribution in [0, 0.1) is 0 Å². The average Bonchev–Trinajstić information content (AvgIpc) is 2.40. The van der Waals surface area contributed by atoms with Gasteiger partial charge in [0.1, 0.15) is 0 Å². The van der Waals surface area contributed by atoms with Crippen molar-refractivity contribution in [1.82, 2.24) is 4.98 Å². The average molecular weight is 293 g/mol. The van der Waals surface area contributed by atoms with Crippen molar-refractivity contribution in [3.05, 3.63) is 18.2 Å². The fourth-order valence-corrected chi connectivity index (χ4v) is 2.67. The number of nitrogens with zero attached hydrogens (tertiary/aromatic N) is 1. The number of hydrogen-bond donors (Lipinski definition) is 0. The molecular formula is C8H3AsF3NOS. The van der Waals surface area contributed by atoms with Crippen LogP contribution in [0.15, 0.2) is 18.2 Å². The van der Waals surface area contributed by atoms with Crippen molar-refractivity contribution in [2.45, 2.75) is 6.36 Å². The number of alkyl halides is 3. The summed E-state index contributed by atoms with van der Waals surface area (Å²) in [5, 5.41) is 0. The first-order valence-corrected chi connectivity index (χ1v) is 5.55. The van der Waals surface area contributed by atoms with E-state index >= 15 is 0 Å². The van der Waals surface area contributed by atoms with Gasteiger partial charge in [-0.3, -0.25) is 0 Å². The number of halogens is 3. The van der Waals surface area contributed by atoms with Gasteiger partial charge in [0.2, 0.25) is 0 Å². The molecular weight excluding hydrogens is 290 g/mol. The molecule has 0 unspecified atom stereocenters. The maximum atomic E-state index is 11.9. The van der Waals surface area contributed by atoms with Crippen molar-refractivity contribution >= 4 is 42.2 Å². The third-order valence-electron chi connectivity index (χ3n) is 1.58. The van der Waals surface area contributed by atoms with Gasteiger partial charge in [-0.25, -0.2) is 0 Å². The van der Waals surface area contributed by atoms with E-state index in [9.17, 15) is 13.2 Å². The van der Waals surface area contributed by atoms with Crippen molar-refractivity contribution in [3.8, 4) is 5.75 Å². The maximum absolute atomic E-state index is 11.9. The molecule has 2 rings (SSSR count). The molecule has 0 saturated heterocycles. The number of ether oxygens (including phenoxy) is 1. The Morgan fingerprint density at radius 1 is 1.33 bits per heavy atom. The second-order valence-electron chi connectivity index (χ2n) is 2.67. The van der Waals surface area contributed by atoms with Crippen LogP contribution in [0.25, 0.3) is 10.2 Å². The molecule has 2 nitrogen and oxygen atoms in total. The predicted molar refractivity (Wildman–Crippen MR) is 51.7 cm³/mol. The molecule has 0 saturated carbocycles. The van der Waals surface area contributed by atoms with Gasteiger partial charge in [0.15, 0.2) is 0 Å². The third-order valence-corrected chi connectivity index (χ3v) is 3.19. The van der Waals surface area contributed by atoms with Crippen LogP contribution in [0.5, 0.6) is 5.75 Å². The molecule has 2 aromatic rings. The first kappa shape index (κ1) is 10.8. The Bertz CT molecular complexity index is 496. The van der Waals surface area contributed by atoms with E-state index in [1.165, 1.54) is 29.5 Å². The van der Waals surface area contributed by atoms with Crippen LogP contribution in [-0.2, 0) is 0 Å². The molecule has 0 N–H and O–H groups in total. The van der Waals surface area contributed by atoms with Gasteiger partial charge in [-0.05, 0) is 0 Å². The zero-order valence-electron chi connectivity index (χ0n) is 7.08.